The highest BCUT2D eigenvalue weighted by Crippen LogP contribution is 2.58. The first kappa shape index (κ1) is 21.0. The maximum atomic E-state index is 13.4. The third kappa shape index (κ3) is 3.39. The van der Waals surface area contributed by atoms with E-state index in [9.17, 15) is 19.2 Å². The lowest BCUT2D eigenvalue weighted by atomic mass is 9.52. The van der Waals surface area contributed by atoms with Crippen molar-refractivity contribution in [3.63, 3.8) is 0 Å². The normalized spacial score (nSPS) is 35.6. The first-order chi connectivity index (χ1) is 14.8. The minimum absolute atomic E-state index is 0.00151. The van der Waals surface area contributed by atoms with Gasteiger partial charge in [0.25, 0.3) is 0 Å². The van der Waals surface area contributed by atoms with E-state index in [1.165, 1.54) is 30.6 Å². The van der Waals surface area contributed by atoms with Crippen LogP contribution in [0.5, 0.6) is 0 Å². The summed E-state index contributed by atoms with van der Waals surface area (Å²) in [6.45, 7) is 3.64. The maximum absolute atomic E-state index is 13.4. The molecule has 1 heterocycles. The van der Waals surface area contributed by atoms with Gasteiger partial charge in [0, 0.05) is 12.1 Å². The highest BCUT2D eigenvalue weighted by Gasteiger charge is 2.61. The number of hydrogen-bond acceptors (Lipinski definition) is 4. The van der Waals surface area contributed by atoms with E-state index >= 15 is 0 Å². The molecular weight excluding hydrogens is 394 g/mol. The molecular formula is C24H35N3O4. The first-order valence-electron chi connectivity index (χ1n) is 12.3. The molecule has 0 aromatic heterocycles. The molecule has 31 heavy (non-hydrogen) atoms. The van der Waals surface area contributed by atoms with Gasteiger partial charge in [-0.1, -0.05) is 19.3 Å². The fourth-order valence-corrected chi connectivity index (χ4v) is 7.89. The standard InChI is InChI=1S/C24H35N3O4/c1-15(2)26(19-6-4-3-5-7-19)20(28)14-25-21(29)22(30)27(23(25)31)24-11-16-8-17(12-24)10-18(9-16)13-24/h15-19H,3-14H2,1-2H3. The largest absolute Gasteiger partial charge is 0.336 e. The van der Waals surface area contributed by atoms with Crippen molar-refractivity contribution in [1.29, 1.82) is 0 Å². The van der Waals surface area contributed by atoms with E-state index in [0.29, 0.717) is 17.8 Å². The molecule has 1 aliphatic heterocycles. The number of nitrogens with zero attached hydrogens (tertiary/aromatic N) is 3. The van der Waals surface area contributed by atoms with Crippen LogP contribution in [0.15, 0.2) is 0 Å². The van der Waals surface area contributed by atoms with Crippen molar-refractivity contribution in [3.05, 3.63) is 0 Å². The van der Waals surface area contributed by atoms with Crippen LogP contribution in [-0.2, 0) is 14.4 Å². The van der Waals surface area contributed by atoms with Crippen LogP contribution < -0.4 is 0 Å². The van der Waals surface area contributed by atoms with Crippen LogP contribution in [0.25, 0.3) is 0 Å². The second-order valence-corrected chi connectivity index (χ2v) is 11.1. The molecule has 0 unspecified atom stereocenters. The molecule has 6 aliphatic rings. The monoisotopic (exact) mass is 429 g/mol. The lowest BCUT2D eigenvalue weighted by Crippen LogP contribution is -2.62. The fourth-order valence-electron chi connectivity index (χ4n) is 7.89. The van der Waals surface area contributed by atoms with Gasteiger partial charge in [-0.05, 0) is 83.0 Å². The smallest absolute Gasteiger partial charge is 0.335 e. The Bertz CT molecular complexity index is 765. The minimum atomic E-state index is -0.818. The maximum Gasteiger partial charge on any atom is 0.335 e. The number of carbonyl (C=O) groups is 4. The summed E-state index contributed by atoms with van der Waals surface area (Å²) in [7, 11) is 0. The van der Waals surface area contributed by atoms with Gasteiger partial charge in [-0.3, -0.25) is 14.4 Å². The van der Waals surface area contributed by atoms with Crippen LogP contribution in [0.4, 0.5) is 4.79 Å². The highest BCUT2D eigenvalue weighted by atomic mass is 16.2. The van der Waals surface area contributed by atoms with Crippen molar-refractivity contribution in [3.8, 4) is 0 Å². The Morgan fingerprint density at radius 1 is 0.935 bits per heavy atom. The van der Waals surface area contributed by atoms with Crippen LogP contribution in [0.3, 0.4) is 0 Å². The van der Waals surface area contributed by atoms with E-state index in [0.717, 1.165) is 49.8 Å². The van der Waals surface area contributed by atoms with E-state index < -0.39 is 23.4 Å². The quantitative estimate of drug-likeness (QED) is 0.496. The minimum Gasteiger partial charge on any atom is -0.336 e. The third-order valence-electron chi connectivity index (χ3n) is 8.64. The average molecular weight is 430 g/mol. The molecule has 0 aromatic carbocycles. The van der Waals surface area contributed by atoms with Gasteiger partial charge in [0.05, 0.1) is 5.54 Å². The van der Waals surface area contributed by atoms with Crippen LogP contribution in [0.2, 0.25) is 0 Å². The molecule has 6 fully saturated rings. The number of hydrogen-bond donors (Lipinski definition) is 0. The number of rotatable bonds is 5. The Hall–Kier alpha value is -1.92. The van der Waals surface area contributed by atoms with Crippen LogP contribution in [-0.4, -0.2) is 62.6 Å². The zero-order valence-electron chi connectivity index (χ0n) is 18.8. The molecule has 6 rings (SSSR count). The molecule has 5 amide bonds. The molecule has 5 saturated carbocycles. The van der Waals surface area contributed by atoms with Crippen molar-refractivity contribution >= 4 is 23.8 Å². The van der Waals surface area contributed by atoms with Gasteiger partial charge in [-0.25, -0.2) is 14.6 Å². The van der Waals surface area contributed by atoms with Crippen LogP contribution in [0, 0.1) is 17.8 Å². The number of carbonyl (C=O) groups excluding carboxylic acids is 4. The topological polar surface area (TPSA) is 78.0 Å². The zero-order chi connectivity index (χ0) is 21.9. The second kappa shape index (κ2) is 7.59. The summed E-state index contributed by atoms with van der Waals surface area (Å²) in [5.74, 6) is -0.0835. The molecule has 5 aliphatic carbocycles. The SMILES string of the molecule is CC(C)N(C(=O)CN1C(=O)C(=O)N(C23CC4CC(CC(C4)C2)C3)C1=O)C1CCCCC1. The van der Waals surface area contributed by atoms with Gasteiger partial charge >= 0.3 is 17.8 Å². The van der Waals surface area contributed by atoms with Gasteiger partial charge in [0.2, 0.25) is 5.91 Å². The summed E-state index contributed by atoms with van der Waals surface area (Å²) < 4.78 is 0. The Balaban J connectivity index is 1.35. The molecule has 1 saturated heterocycles. The highest BCUT2D eigenvalue weighted by molar-refractivity contribution is 6.45. The number of amides is 5. The Kier molecular flexibility index (Phi) is 5.13. The molecule has 7 nitrogen and oxygen atoms in total. The first-order valence-corrected chi connectivity index (χ1v) is 12.3. The molecule has 0 radical (unpaired) electrons. The van der Waals surface area contributed by atoms with Gasteiger partial charge in [-0.2, -0.15) is 0 Å². The summed E-state index contributed by atoms with van der Waals surface area (Å²) in [4.78, 5) is 56.6. The second-order valence-electron chi connectivity index (χ2n) is 11.1. The zero-order valence-corrected chi connectivity index (χ0v) is 18.8. The fraction of sp³-hybridized carbons (Fsp3) is 0.833. The summed E-state index contributed by atoms with van der Waals surface area (Å²) in [5, 5.41) is 0. The van der Waals surface area contributed by atoms with E-state index in [1.54, 1.807) is 0 Å². The van der Waals surface area contributed by atoms with E-state index in [1.807, 2.05) is 18.7 Å². The number of imide groups is 2. The predicted octanol–water partition coefficient (Wildman–Crippen LogP) is 3.32. The van der Waals surface area contributed by atoms with Crippen LogP contribution >= 0.6 is 0 Å². The van der Waals surface area contributed by atoms with Crippen molar-refractivity contribution in [2.75, 3.05) is 6.54 Å². The van der Waals surface area contributed by atoms with Gasteiger partial charge in [0.1, 0.15) is 6.54 Å². The van der Waals surface area contributed by atoms with Crippen molar-refractivity contribution in [1.82, 2.24) is 14.7 Å². The van der Waals surface area contributed by atoms with Crippen molar-refractivity contribution in [2.24, 2.45) is 17.8 Å². The Morgan fingerprint density at radius 3 is 2.00 bits per heavy atom. The molecule has 0 spiro atoms. The number of urea groups is 1. The van der Waals surface area contributed by atoms with Crippen molar-refractivity contribution < 1.29 is 19.2 Å². The van der Waals surface area contributed by atoms with E-state index in [2.05, 4.69) is 0 Å². The predicted molar refractivity (Wildman–Crippen MR) is 114 cm³/mol. The van der Waals surface area contributed by atoms with Crippen molar-refractivity contribution in [2.45, 2.75) is 102 Å². The lowest BCUT2D eigenvalue weighted by molar-refractivity contribution is -0.150. The summed E-state index contributed by atoms with van der Waals surface area (Å²) in [6.07, 6.45) is 11.4. The third-order valence-corrected chi connectivity index (χ3v) is 8.64. The molecule has 0 aromatic rings. The van der Waals surface area contributed by atoms with Gasteiger partial charge < -0.3 is 4.90 Å². The Labute approximate surface area is 184 Å². The average Bonchev–Trinajstić information content (AvgIpc) is 2.91. The molecule has 0 atom stereocenters. The van der Waals surface area contributed by atoms with E-state index in [-0.39, 0.29) is 24.5 Å². The van der Waals surface area contributed by atoms with Gasteiger partial charge in [-0.15, -0.1) is 0 Å². The molecule has 7 heteroatoms. The lowest BCUT2D eigenvalue weighted by Gasteiger charge is -2.58. The van der Waals surface area contributed by atoms with E-state index in [4.69, 9.17) is 0 Å². The summed E-state index contributed by atoms with van der Waals surface area (Å²) in [6, 6.07) is -0.403. The summed E-state index contributed by atoms with van der Waals surface area (Å²) >= 11 is 0. The molecule has 4 bridgehead atoms. The van der Waals surface area contributed by atoms with Gasteiger partial charge in [0.15, 0.2) is 0 Å². The summed E-state index contributed by atoms with van der Waals surface area (Å²) in [5.41, 5.74) is -0.503. The molecule has 0 N–H and O–H groups in total. The Morgan fingerprint density at radius 2 is 1.48 bits per heavy atom. The van der Waals surface area contributed by atoms with Crippen LogP contribution in [0.1, 0.15) is 84.5 Å². The molecule has 170 valence electrons.